The summed E-state index contributed by atoms with van der Waals surface area (Å²) in [7, 11) is 0. The van der Waals surface area contributed by atoms with Gasteiger partial charge in [0.05, 0.1) is 0 Å². The van der Waals surface area contributed by atoms with E-state index in [1.165, 1.54) is 17.7 Å². The summed E-state index contributed by atoms with van der Waals surface area (Å²) in [5, 5.41) is 5.64. The lowest BCUT2D eigenvalue weighted by molar-refractivity contribution is 0.207. The fourth-order valence-electron chi connectivity index (χ4n) is 2.94. The van der Waals surface area contributed by atoms with E-state index >= 15 is 0 Å². The molecular weight excluding hydrogens is 317 g/mol. The number of benzene rings is 1. The molecule has 0 spiro atoms. The van der Waals surface area contributed by atoms with Crippen LogP contribution in [0.15, 0.2) is 60.7 Å². The Labute approximate surface area is 149 Å². The first kappa shape index (κ1) is 18.9. The zero-order valence-electron chi connectivity index (χ0n) is 14.7. The molecule has 134 valence electrons. The summed E-state index contributed by atoms with van der Waals surface area (Å²) >= 11 is 0. The van der Waals surface area contributed by atoms with Crippen LogP contribution in [0.5, 0.6) is 0 Å². The topological polar surface area (TPSA) is 44.4 Å². The van der Waals surface area contributed by atoms with Crippen LogP contribution in [0.4, 0.5) is 14.9 Å². The number of halogens is 1. The van der Waals surface area contributed by atoms with Crippen LogP contribution in [0, 0.1) is 5.82 Å². The second-order valence-corrected chi connectivity index (χ2v) is 6.14. The maximum absolute atomic E-state index is 13.1. The zero-order valence-corrected chi connectivity index (χ0v) is 14.7. The van der Waals surface area contributed by atoms with Crippen molar-refractivity contribution in [3.8, 4) is 0 Å². The molecule has 1 aromatic carbocycles. The highest BCUT2D eigenvalue weighted by molar-refractivity contribution is 5.89. The quantitative estimate of drug-likeness (QED) is 0.764. The normalized spacial score (nSPS) is 16.8. The van der Waals surface area contributed by atoms with Gasteiger partial charge in [-0.25, -0.2) is 9.18 Å². The van der Waals surface area contributed by atoms with Gasteiger partial charge in [0, 0.05) is 31.4 Å². The van der Waals surface area contributed by atoms with E-state index < -0.39 is 0 Å². The van der Waals surface area contributed by atoms with Gasteiger partial charge >= 0.3 is 6.03 Å². The molecule has 1 aromatic rings. The molecule has 1 heterocycles. The lowest BCUT2D eigenvalue weighted by atomic mass is 10.0. The van der Waals surface area contributed by atoms with Gasteiger partial charge in [-0.2, -0.15) is 0 Å². The number of nitrogens with one attached hydrogen (secondary N) is 2. The molecule has 2 N–H and O–H groups in total. The third-order valence-electron chi connectivity index (χ3n) is 4.12. The van der Waals surface area contributed by atoms with Crippen LogP contribution in [-0.2, 0) is 0 Å². The molecule has 1 fully saturated rings. The molecule has 25 heavy (non-hydrogen) atoms. The number of nitrogens with zero attached hydrogens (tertiary/aromatic N) is 1. The van der Waals surface area contributed by atoms with Crippen LogP contribution in [0.25, 0.3) is 0 Å². The molecule has 0 unspecified atom stereocenters. The highest BCUT2D eigenvalue weighted by atomic mass is 19.1. The van der Waals surface area contributed by atoms with Gasteiger partial charge in [-0.1, -0.05) is 36.9 Å². The maximum atomic E-state index is 13.1. The number of carbonyl (C=O) groups excluding carboxylic acids is 1. The summed E-state index contributed by atoms with van der Waals surface area (Å²) < 4.78 is 13.1. The number of allylic oxidation sites excluding steroid dienone is 3. The summed E-state index contributed by atoms with van der Waals surface area (Å²) in [5.41, 5.74) is 1.69. The van der Waals surface area contributed by atoms with Crippen LogP contribution >= 0.6 is 0 Å². The molecule has 4 nitrogen and oxygen atoms in total. The molecule has 0 aliphatic carbocycles. The number of amides is 2. The molecule has 5 heteroatoms. The van der Waals surface area contributed by atoms with Crippen molar-refractivity contribution in [1.29, 1.82) is 0 Å². The smallest absolute Gasteiger partial charge is 0.319 e. The predicted molar refractivity (Wildman–Crippen MR) is 101 cm³/mol. The molecule has 0 radical (unpaired) electrons. The largest absolute Gasteiger partial charge is 0.335 e. The Morgan fingerprint density at radius 2 is 2.16 bits per heavy atom. The summed E-state index contributed by atoms with van der Waals surface area (Å²) in [6.07, 6.45) is 9.75. The van der Waals surface area contributed by atoms with E-state index in [0.29, 0.717) is 5.69 Å². The third kappa shape index (κ3) is 6.55. The second-order valence-electron chi connectivity index (χ2n) is 6.14. The first-order chi connectivity index (χ1) is 12.1. The highest BCUT2D eigenvalue weighted by Gasteiger charge is 2.20. The minimum Gasteiger partial charge on any atom is -0.335 e. The van der Waals surface area contributed by atoms with Crippen LogP contribution in [0.1, 0.15) is 19.8 Å². The Kier molecular flexibility index (Phi) is 7.41. The van der Waals surface area contributed by atoms with Gasteiger partial charge in [0.1, 0.15) is 5.82 Å². The van der Waals surface area contributed by atoms with Gasteiger partial charge in [0.25, 0.3) is 0 Å². The standard InChI is InChI=1S/C20H26FN3O/c1-3-6-16(7-4-2)15-24-12-10-18(11-13-24)22-20(25)23-19-9-5-8-17(21)14-19/h3-9,14,18H,1,10-13,15H2,2H3,(H2,22,23,25)/b7-4-,16-6+. The number of hydrogen-bond donors (Lipinski definition) is 2. The lowest BCUT2D eigenvalue weighted by Crippen LogP contribution is -2.46. The molecule has 0 bridgehead atoms. The number of piperidine rings is 1. The summed E-state index contributed by atoms with van der Waals surface area (Å²) in [6.45, 7) is 8.50. The minimum atomic E-state index is -0.365. The van der Waals surface area contributed by atoms with Crippen molar-refractivity contribution in [2.24, 2.45) is 0 Å². The van der Waals surface area contributed by atoms with Crippen LogP contribution < -0.4 is 10.6 Å². The molecule has 1 saturated heterocycles. The summed E-state index contributed by atoms with van der Waals surface area (Å²) in [4.78, 5) is 14.4. The maximum Gasteiger partial charge on any atom is 0.319 e. The van der Waals surface area contributed by atoms with E-state index in [9.17, 15) is 9.18 Å². The lowest BCUT2D eigenvalue weighted by Gasteiger charge is -2.32. The fourth-order valence-corrected chi connectivity index (χ4v) is 2.94. The predicted octanol–water partition coefficient (Wildman–Crippen LogP) is 4.10. The number of urea groups is 1. The van der Waals surface area contributed by atoms with E-state index in [0.717, 1.165) is 32.5 Å². The van der Waals surface area contributed by atoms with Gasteiger partial charge in [-0.05, 0) is 43.5 Å². The third-order valence-corrected chi connectivity index (χ3v) is 4.12. The van der Waals surface area contributed by atoms with Crippen molar-refractivity contribution in [1.82, 2.24) is 10.2 Å². The number of carbonyl (C=O) groups is 1. The Morgan fingerprint density at radius 1 is 1.40 bits per heavy atom. The first-order valence-corrected chi connectivity index (χ1v) is 8.60. The van der Waals surface area contributed by atoms with Gasteiger partial charge in [0.15, 0.2) is 0 Å². The molecule has 1 aliphatic heterocycles. The average Bonchev–Trinajstić information content (AvgIpc) is 2.57. The number of hydrogen-bond acceptors (Lipinski definition) is 2. The van der Waals surface area contributed by atoms with Crippen molar-refractivity contribution >= 4 is 11.7 Å². The van der Waals surface area contributed by atoms with Crippen molar-refractivity contribution in [3.63, 3.8) is 0 Å². The summed E-state index contributed by atoms with van der Waals surface area (Å²) in [6, 6.07) is 5.74. The molecular formula is C20H26FN3O. The molecule has 0 saturated carbocycles. The fraction of sp³-hybridized carbons (Fsp3) is 0.350. The first-order valence-electron chi connectivity index (χ1n) is 8.60. The number of anilines is 1. The number of rotatable bonds is 6. The van der Waals surface area contributed by atoms with Crippen LogP contribution in [0.3, 0.4) is 0 Å². The zero-order chi connectivity index (χ0) is 18.1. The van der Waals surface area contributed by atoms with E-state index in [1.54, 1.807) is 18.2 Å². The second kappa shape index (κ2) is 9.79. The van der Waals surface area contributed by atoms with E-state index in [1.807, 2.05) is 19.1 Å². The SMILES string of the molecule is C=C/C=C(\C=C/C)CN1CCC(NC(=O)Nc2cccc(F)c2)CC1. The minimum absolute atomic E-state index is 0.137. The molecule has 1 aliphatic rings. The van der Waals surface area contributed by atoms with Gasteiger partial charge < -0.3 is 10.6 Å². The highest BCUT2D eigenvalue weighted by Crippen LogP contribution is 2.14. The van der Waals surface area contributed by atoms with E-state index in [2.05, 4.69) is 28.2 Å². The van der Waals surface area contributed by atoms with E-state index in [4.69, 9.17) is 0 Å². The monoisotopic (exact) mass is 343 g/mol. The Balaban J connectivity index is 1.77. The Hall–Kier alpha value is -2.40. The van der Waals surface area contributed by atoms with Crippen molar-refractivity contribution in [2.45, 2.75) is 25.8 Å². The van der Waals surface area contributed by atoms with Gasteiger partial charge in [-0.3, -0.25) is 4.90 Å². The Morgan fingerprint density at radius 3 is 2.80 bits per heavy atom. The number of likely N-dealkylation sites (tertiary alicyclic amines) is 1. The summed E-state index contributed by atoms with van der Waals surface area (Å²) in [5.74, 6) is -0.365. The Bertz CT molecular complexity index is 646. The van der Waals surface area contributed by atoms with Crippen molar-refractivity contribution in [3.05, 3.63) is 66.5 Å². The van der Waals surface area contributed by atoms with Crippen LogP contribution in [-0.4, -0.2) is 36.6 Å². The van der Waals surface area contributed by atoms with Crippen LogP contribution in [0.2, 0.25) is 0 Å². The van der Waals surface area contributed by atoms with E-state index in [-0.39, 0.29) is 17.9 Å². The van der Waals surface area contributed by atoms with Gasteiger partial charge in [0.2, 0.25) is 0 Å². The molecule has 0 atom stereocenters. The van der Waals surface area contributed by atoms with Crippen molar-refractivity contribution < 1.29 is 9.18 Å². The molecule has 2 rings (SSSR count). The average molecular weight is 343 g/mol. The van der Waals surface area contributed by atoms with Crippen molar-refractivity contribution in [2.75, 3.05) is 25.0 Å². The molecule has 2 amide bonds. The van der Waals surface area contributed by atoms with Gasteiger partial charge in [-0.15, -0.1) is 0 Å². The molecule has 0 aromatic heterocycles.